The van der Waals surface area contributed by atoms with Crippen LogP contribution in [-0.4, -0.2) is 58.4 Å². The molecule has 6 nitrogen and oxygen atoms in total. The molecule has 3 heterocycles. The zero-order valence-electron chi connectivity index (χ0n) is 18.4. The fraction of sp³-hybridized carbons (Fsp3) is 0.478. The molecule has 0 radical (unpaired) electrons. The maximum atomic E-state index is 12.8. The van der Waals surface area contributed by atoms with Crippen molar-refractivity contribution < 1.29 is 19.2 Å². The van der Waals surface area contributed by atoms with Crippen molar-refractivity contribution in [2.75, 3.05) is 13.1 Å². The van der Waals surface area contributed by atoms with Gasteiger partial charge in [-0.2, -0.15) is 0 Å². The van der Waals surface area contributed by atoms with Gasteiger partial charge < -0.3 is 19.3 Å². The van der Waals surface area contributed by atoms with Crippen molar-refractivity contribution >= 4 is 30.1 Å². The molecule has 2 fully saturated rings. The van der Waals surface area contributed by atoms with Gasteiger partial charge in [0.05, 0.1) is 17.3 Å². The molecule has 2 saturated heterocycles. The zero-order valence-corrected chi connectivity index (χ0v) is 19.1. The van der Waals surface area contributed by atoms with Crippen LogP contribution in [0.3, 0.4) is 0 Å². The zero-order chi connectivity index (χ0) is 22.4. The van der Waals surface area contributed by atoms with E-state index in [2.05, 4.69) is 4.98 Å². The molecule has 2 aromatic rings. The van der Waals surface area contributed by atoms with Crippen LogP contribution in [0.1, 0.15) is 50.9 Å². The van der Waals surface area contributed by atoms with Crippen LogP contribution in [0.4, 0.5) is 0 Å². The van der Waals surface area contributed by atoms with Gasteiger partial charge in [0.2, 0.25) is 0 Å². The summed E-state index contributed by atoms with van der Waals surface area (Å²) in [5.41, 5.74) is 2.12. The largest absolute Gasteiger partial charge is 0.496 e. The van der Waals surface area contributed by atoms with Gasteiger partial charge in [0.15, 0.2) is 0 Å². The van der Waals surface area contributed by atoms with Crippen LogP contribution in [0.15, 0.2) is 36.7 Å². The summed E-state index contributed by atoms with van der Waals surface area (Å²) in [6.45, 7) is 9.17. The van der Waals surface area contributed by atoms with E-state index in [1.165, 1.54) is 0 Å². The van der Waals surface area contributed by atoms with Crippen LogP contribution in [0.2, 0.25) is 5.02 Å². The average Bonchev–Trinajstić information content (AvgIpc) is 2.95. The van der Waals surface area contributed by atoms with Gasteiger partial charge in [-0.1, -0.05) is 23.7 Å². The Kier molecular flexibility index (Phi) is 5.90. The third kappa shape index (κ3) is 4.37. The Morgan fingerprint density at radius 1 is 1.13 bits per heavy atom. The first-order valence-corrected chi connectivity index (χ1v) is 11.0. The lowest BCUT2D eigenvalue weighted by Crippen LogP contribution is -2.41. The highest BCUT2D eigenvalue weighted by molar-refractivity contribution is 6.62. The maximum absolute atomic E-state index is 12.8. The second-order valence-corrected chi connectivity index (χ2v) is 9.72. The van der Waals surface area contributed by atoms with Crippen LogP contribution in [0.25, 0.3) is 11.1 Å². The fourth-order valence-electron chi connectivity index (χ4n) is 3.85. The number of halogens is 1. The van der Waals surface area contributed by atoms with Gasteiger partial charge in [-0.3, -0.25) is 9.78 Å². The molecule has 0 atom stereocenters. The summed E-state index contributed by atoms with van der Waals surface area (Å²) in [6, 6.07) is 7.30. The predicted molar refractivity (Wildman–Crippen MR) is 122 cm³/mol. The van der Waals surface area contributed by atoms with Crippen molar-refractivity contribution in [1.29, 1.82) is 0 Å². The number of pyridine rings is 1. The van der Waals surface area contributed by atoms with E-state index in [-0.39, 0.29) is 12.0 Å². The molecule has 164 valence electrons. The number of hydrogen-bond acceptors (Lipinski definition) is 5. The van der Waals surface area contributed by atoms with Crippen LogP contribution in [0.5, 0.6) is 0 Å². The third-order valence-corrected chi connectivity index (χ3v) is 6.88. The fourth-order valence-corrected chi connectivity index (χ4v) is 4.14. The number of benzene rings is 1. The summed E-state index contributed by atoms with van der Waals surface area (Å²) in [6.07, 6.45) is 4.37. The van der Waals surface area contributed by atoms with E-state index in [0.29, 0.717) is 36.5 Å². The summed E-state index contributed by atoms with van der Waals surface area (Å²) in [5, 5.41) is 10.1. The van der Waals surface area contributed by atoms with Crippen molar-refractivity contribution in [3.05, 3.63) is 47.2 Å². The molecule has 1 aromatic heterocycles. The monoisotopic (exact) mass is 442 g/mol. The SMILES string of the molecule is CC1(C)OB(c2cncc(-c3ccc(C(=O)N4CCC(O)CC4)cc3Cl)c2)OC1(C)C. The molecule has 0 aliphatic carbocycles. The number of carbonyl (C=O) groups excluding carboxylic acids is 1. The molecule has 8 heteroatoms. The number of aliphatic hydroxyl groups excluding tert-OH is 1. The topological polar surface area (TPSA) is 71.9 Å². The number of aromatic nitrogens is 1. The Morgan fingerprint density at radius 2 is 1.77 bits per heavy atom. The number of amides is 1. The normalized spacial score (nSPS) is 20.8. The first kappa shape index (κ1) is 22.3. The van der Waals surface area contributed by atoms with Gasteiger partial charge in [0.1, 0.15) is 0 Å². The van der Waals surface area contributed by atoms with Gasteiger partial charge in [-0.15, -0.1) is 0 Å². The second kappa shape index (κ2) is 8.21. The quantitative estimate of drug-likeness (QED) is 0.739. The van der Waals surface area contributed by atoms with Crippen molar-refractivity contribution in [1.82, 2.24) is 9.88 Å². The molecule has 1 amide bonds. The molecule has 4 rings (SSSR count). The number of carbonyl (C=O) groups is 1. The standard InChI is InChI=1S/C23H28BClN2O4/c1-22(2)23(3,4)31-24(30-22)17-11-16(13-26-14-17)19-6-5-15(12-20(19)25)21(29)27-9-7-18(28)8-10-27/h5-6,11-14,18,28H,7-10H2,1-4H3. The summed E-state index contributed by atoms with van der Waals surface area (Å²) in [5.74, 6) is -0.0653. The highest BCUT2D eigenvalue weighted by Gasteiger charge is 2.51. The molecular weight excluding hydrogens is 415 g/mol. The van der Waals surface area contributed by atoms with Crippen molar-refractivity contribution in [3.63, 3.8) is 0 Å². The van der Waals surface area contributed by atoms with Crippen LogP contribution < -0.4 is 5.46 Å². The van der Waals surface area contributed by atoms with Crippen LogP contribution in [-0.2, 0) is 9.31 Å². The number of rotatable bonds is 3. The lowest BCUT2D eigenvalue weighted by molar-refractivity contribution is 0.00578. The number of likely N-dealkylation sites (tertiary alicyclic amines) is 1. The molecule has 1 N–H and O–H groups in total. The lowest BCUT2D eigenvalue weighted by atomic mass is 9.79. The second-order valence-electron chi connectivity index (χ2n) is 9.31. The number of piperidine rings is 1. The lowest BCUT2D eigenvalue weighted by Gasteiger charge is -2.32. The first-order chi connectivity index (χ1) is 14.6. The smallest absolute Gasteiger partial charge is 0.399 e. The van der Waals surface area contributed by atoms with Crippen molar-refractivity contribution in [3.8, 4) is 11.1 Å². The predicted octanol–water partition coefficient (Wildman–Crippen LogP) is 3.30. The van der Waals surface area contributed by atoms with Crippen LogP contribution >= 0.6 is 11.6 Å². The van der Waals surface area contributed by atoms with Gasteiger partial charge >= 0.3 is 7.12 Å². The molecule has 0 bridgehead atoms. The van der Waals surface area contributed by atoms with Gasteiger partial charge in [0, 0.05) is 52.7 Å². The summed E-state index contributed by atoms with van der Waals surface area (Å²) < 4.78 is 12.3. The van der Waals surface area contributed by atoms with E-state index in [9.17, 15) is 9.90 Å². The Hall–Kier alpha value is -1.93. The summed E-state index contributed by atoms with van der Waals surface area (Å²) in [4.78, 5) is 18.9. The molecule has 0 saturated carbocycles. The number of hydrogen-bond donors (Lipinski definition) is 1. The maximum Gasteiger partial charge on any atom is 0.496 e. The van der Waals surface area contributed by atoms with Gasteiger partial charge in [-0.05, 0) is 52.7 Å². The van der Waals surface area contributed by atoms with Gasteiger partial charge in [0.25, 0.3) is 5.91 Å². The summed E-state index contributed by atoms with van der Waals surface area (Å²) in [7, 11) is -0.508. The minimum atomic E-state index is -0.508. The Bertz CT molecular complexity index is 973. The molecule has 2 aliphatic heterocycles. The highest BCUT2D eigenvalue weighted by atomic mass is 35.5. The molecule has 0 unspecified atom stereocenters. The molecule has 1 aromatic carbocycles. The highest BCUT2D eigenvalue weighted by Crippen LogP contribution is 2.37. The molecule has 2 aliphatic rings. The van der Waals surface area contributed by atoms with E-state index in [1.54, 1.807) is 29.4 Å². The Morgan fingerprint density at radius 3 is 2.39 bits per heavy atom. The summed E-state index contributed by atoms with van der Waals surface area (Å²) >= 11 is 6.57. The van der Waals surface area contributed by atoms with Crippen LogP contribution in [0, 0.1) is 0 Å². The molecule has 0 spiro atoms. The number of nitrogens with zero attached hydrogens (tertiary/aromatic N) is 2. The van der Waals surface area contributed by atoms with E-state index in [0.717, 1.165) is 16.6 Å². The first-order valence-electron chi connectivity index (χ1n) is 10.7. The average molecular weight is 443 g/mol. The van der Waals surface area contributed by atoms with E-state index < -0.39 is 18.3 Å². The Labute approximate surface area is 188 Å². The minimum absolute atomic E-state index is 0.0653. The van der Waals surface area contributed by atoms with E-state index in [1.807, 2.05) is 39.8 Å². The van der Waals surface area contributed by atoms with Crippen molar-refractivity contribution in [2.45, 2.75) is 57.8 Å². The third-order valence-electron chi connectivity index (χ3n) is 6.56. The minimum Gasteiger partial charge on any atom is -0.399 e. The van der Waals surface area contributed by atoms with Crippen molar-refractivity contribution in [2.24, 2.45) is 0 Å². The van der Waals surface area contributed by atoms with Gasteiger partial charge in [-0.25, -0.2) is 0 Å². The molecular formula is C23H28BClN2O4. The van der Waals surface area contributed by atoms with E-state index in [4.69, 9.17) is 20.9 Å². The number of aliphatic hydroxyl groups is 1. The molecule has 31 heavy (non-hydrogen) atoms. The Balaban J connectivity index is 1.55. The van der Waals surface area contributed by atoms with E-state index >= 15 is 0 Å².